The summed E-state index contributed by atoms with van der Waals surface area (Å²) in [5, 5.41) is 5.23. The van der Waals surface area contributed by atoms with Gasteiger partial charge in [0.15, 0.2) is 5.65 Å². The molecule has 3 rings (SSSR count). The lowest BCUT2D eigenvalue weighted by atomic mass is 10.0. The normalized spacial score (nSPS) is 11.2. The van der Waals surface area contributed by atoms with E-state index in [1.807, 2.05) is 41.9 Å². The fraction of sp³-hybridized carbons (Fsp3) is 0.316. The minimum atomic E-state index is -0.0412. The van der Waals surface area contributed by atoms with Crippen molar-refractivity contribution in [2.24, 2.45) is 0 Å². The van der Waals surface area contributed by atoms with Gasteiger partial charge in [-0.15, -0.1) is 0 Å². The predicted molar refractivity (Wildman–Crippen MR) is 96.1 cm³/mol. The molecular weight excluding hydrogens is 300 g/mol. The lowest BCUT2D eigenvalue weighted by Gasteiger charge is -2.14. The molecule has 0 saturated heterocycles. The molecular formula is C19H22N4O. The van der Waals surface area contributed by atoms with Crippen molar-refractivity contribution >= 4 is 16.9 Å². The van der Waals surface area contributed by atoms with Crippen LogP contribution in [0.4, 0.5) is 0 Å². The highest BCUT2D eigenvalue weighted by Crippen LogP contribution is 2.28. The Morgan fingerprint density at radius 1 is 1.21 bits per heavy atom. The van der Waals surface area contributed by atoms with Crippen LogP contribution >= 0.6 is 0 Å². The number of carbonyl (C=O) groups is 1. The van der Waals surface area contributed by atoms with Crippen LogP contribution < -0.4 is 0 Å². The molecule has 3 aromatic rings. The second kappa shape index (κ2) is 6.07. The smallest absolute Gasteiger partial charge is 0.254 e. The van der Waals surface area contributed by atoms with Crippen molar-refractivity contribution in [1.29, 1.82) is 0 Å². The van der Waals surface area contributed by atoms with E-state index in [2.05, 4.69) is 18.9 Å². The van der Waals surface area contributed by atoms with Crippen molar-refractivity contribution < 1.29 is 4.79 Å². The lowest BCUT2D eigenvalue weighted by molar-refractivity contribution is 0.0829. The van der Waals surface area contributed by atoms with E-state index >= 15 is 0 Å². The molecule has 0 spiro atoms. The summed E-state index contributed by atoms with van der Waals surface area (Å²) in [4.78, 5) is 19.1. The summed E-state index contributed by atoms with van der Waals surface area (Å²) < 4.78 is 1.86. The lowest BCUT2D eigenvalue weighted by Crippen LogP contribution is -2.22. The van der Waals surface area contributed by atoms with E-state index in [9.17, 15) is 4.79 Å². The van der Waals surface area contributed by atoms with Crippen molar-refractivity contribution in [3.05, 3.63) is 47.7 Å². The average Bonchev–Trinajstić information content (AvgIpc) is 2.97. The van der Waals surface area contributed by atoms with E-state index in [-0.39, 0.29) is 11.9 Å². The molecule has 5 nitrogen and oxygen atoms in total. The highest BCUT2D eigenvalue weighted by Gasteiger charge is 2.19. The molecule has 0 aliphatic carbocycles. The van der Waals surface area contributed by atoms with Gasteiger partial charge in [-0.2, -0.15) is 5.10 Å². The molecule has 24 heavy (non-hydrogen) atoms. The quantitative estimate of drug-likeness (QED) is 0.739. The number of aromatic nitrogens is 3. The summed E-state index contributed by atoms with van der Waals surface area (Å²) in [5.41, 5.74) is 4.34. The first-order chi connectivity index (χ1) is 11.4. The number of carbonyl (C=O) groups excluding carboxylic acids is 1. The zero-order valence-corrected chi connectivity index (χ0v) is 14.7. The second-order valence-electron chi connectivity index (χ2n) is 6.49. The summed E-state index contributed by atoms with van der Waals surface area (Å²) in [7, 11) is 3.52. The molecule has 0 N–H and O–H groups in total. The van der Waals surface area contributed by atoms with Gasteiger partial charge in [0.2, 0.25) is 0 Å². The zero-order valence-electron chi connectivity index (χ0n) is 14.7. The SMILES string of the molecule is Cc1ccccc1-c1cc(C(=O)N(C)C)c2cnn(C(C)C)c2n1. The topological polar surface area (TPSA) is 51.0 Å². The van der Waals surface area contributed by atoms with Crippen molar-refractivity contribution in [2.45, 2.75) is 26.8 Å². The second-order valence-corrected chi connectivity index (χ2v) is 6.49. The van der Waals surface area contributed by atoms with Crippen molar-refractivity contribution in [3.8, 4) is 11.3 Å². The summed E-state index contributed by atoms with van der Waals surface area (Å²) in [6.45, 7) is 6.17. The summed E-state index contributed by atoms with van der Waals surface area (Å²) in [6, 6.07) is 10.1. The average molecular weight is 322 g/mol. The molecule has 2 aromatic heterocycles. The van der Waals surface area contributed by atoms with E-state index in [1.165, 1.54) is 0 Å². The number of hydrogen-bond donors (Lipinski definition) is 0. The van der Waals surface area contributed by atoms with Crippen LogP contribution in [0, 0.1) is 6.92 Å². The first-order valence-electron chi connectivity index (χ1n) is 8.06. The Morgan fingerprint density at radius 3 is 2.54 bits per heavy atom. The molecule has 0 aliphatic heterocycles. The number of amides is 1. The van der Waals surface area contributed by atoms with Gasteiger partial charge < -0.3 is 4.90 Å². The molecule has 1 amide bonds. The number of fused-ring (bicyclic) bond motifs is 1. The molecule has 124 valence electrons. The van der Waals surface area contributed by atoms with Gasteiger partial charge in [-0.3, -0.25) is 4.79 Å². The van der Waals surface area contributed by atoms with Crippen LogP contribution in [0.5, 0.6) is 0 Å². The molecule has 5 heteroatoms. The van der Waals surface area contributed by atoms with Gasteiger partial charge in [-0.05, 0) is 32.4 Å². The number of aryl methyl sites for hydroxylation is 1. The van der Waals surface area contributed by atoms with Gasteiger partial charge in [0.05, 0.1) is 22.8 Å². The van der Waals surface area contributed by atoms with E-state index in [1.54, 1.807) is 25.2 Å². The van der Waals surface area contributed by atoms with Gasteiger partial charge in [0, 0.05) is 25.7 Å². The number of pyridine rings is 1. The molecule has 1 aromatic carbocycles. The maximum atomic E-state index is 12.7. The van der Waals surface area contributed by atoms with Crippen LogP contribution in [0.25, 0.3) is 22.3 Å². The van der Waals surface area contributed by atoms with Crippen LogP contribution in [0.3, 0.4) is 0 Å². The minimum absolute atomic E-state index is 0.0412. The first kappa shape index (κ1) is 16.2. The number of benzene rings is 1. The third-order valence-electron chi connectivity index (χ3n) is 4.11. The third kappa shape index (κ3) is 2.66. The van der Waals surface area contributed by atoms with E-state index < -0.39 is 0 Å². The van der Waals surface area contributed by atoms with Gasteiger partial charge in [-0.25, -0.2) is 9.67 Å². The number of rotatable bonds is 3. The maximum Gasteiger partial charge on any atom is 0.254 e. The maximum absolute atomic E-state index is 12.7. The molecule has 0 unspecified atom stereocenters. The molecule has 0 radical (unpaired) electrons. The van der Waals surface area contributed by atoms with Gasteiger partial charge in [0.25, 0.3) is 5.91 Å². The van der Waals surface area contributed by atoms with Crippen LogP contribution in [0.2, 0.25) is 0 Å². The summed E-state index contributed by atoms with van der Waals surface area (Å²) >= 11 is 0. The van der Waals surface area contributed by atoms with E-state index in [0.29, 0.717) is 5.56 Å². The van der Waals surface area contributed by atoms with Crippen molar-refractivity contribution in [3.63, 3.8) is 0 Å². The number of hydrogen-bond acceptors (Lipinski definition) is 3. The molecule has 0 bridgehead atoms. The largest absolute Gasteiger partial charge is 0.345 e. The highest BCUT2D eigenvalue weighted by atomic mass is 16.2. The Labute approximate surface area is 141 Å². The van der Waals surface area contributed by atoms with Gasteiger partial charge in [0.1, 0.15) is 0 Å². The Balaban J connectivity index is 2.33. The standard InChI is InChI=1S/C19H22N4O/c1-12(2)23-18-16(11-20-23)15(19(24)22(4)5)10-17(21-18)14-9-7-6-8-13(14)3/h6-12H,1-5H3. The summed E-state index contributed by atoms with van der Waals surface area (Å²) in [6.07, 6.45) is 1.74. The molecule has 0 saturated carbocycles. The van der Waals surface area contributed by atoms with Crippen LogP contribution in [-0.4, -0.2) is 39.7 Å². The van der Waals surface area contributed by atoms with Crippen molar-refractivity contribution in [2.75, 3.05) is 14.1 Å². The molecule has 0 aliphatic rings. The zero-order chi connectivity index (χ0) is 17.4. The van der Waals surface area contributed by atoms with Crippen LogP contribution in [-0.2, 0) is 0 Å². The fourth-order valence-corrected chi connectivity index (χ4v) is 2.81. The Morgan fingerprint density at radius 2 is 1.92 bits per heavy atom. The first-order valence-corrected chi connectivity index (χ1v) is 8.06. The van der Waals surface area contributed by atoms with Gasteiger partial charge >= 0.3 is 0 Å². The van der Waals surface area contributed by atoms with E-state index in [0.717, 1.165) is 27.9 Å². The van der Waals surface area contributed by atoms with Gasteiger partial charge in [-0.1, -0.05) is 24.3 Å². The third-order valence-corrected chi connectivity index (χ3v) is 4.11. The Kier molecular flexibility index (Phi) is 4.09. The predicted octanol–water partition coefficient (Wildman–Crippen LogP) is 3.69. The molecule has 2 heterocycles. The van der Waals surface area contributed by atoms with E-state index in [4.69, 9.17) is 4.98 Å². The van der Waals surface area contributed by atoms with Crippen LogP contribution in [0.1, 0.15) is 35.8 Å². The minimum Gasteiger partial charge on any atom is -0.345 e. The Bertz CT molecular complexity index is 909. The Hall–Kier alpha value is -2.69. The monoisotopic (exact) mass is 322 g/mol. The molecule has 0 fully saturated rings. The highest BCUT2D eigenvalue weighted by molar-refractivity contribution is 6.06. The summed E-state index contributed by atoms with van der Waals surface area (Å²) in [5.74, 6) is -0.0412. The fourth-order valence-electron chi connectivity index (χ4n) is 2.81. The van der Waals surface area contributed by atoms with Crippen molar-refractivity contribution in [1.82, 2.24) is 19.7 Å². The molecule has 0 atom stereocenters. The van der Waals surface area contributed by atoms with Crippen LogP contribution in [0.15, 0.2) is 36.5 Å². The number of nitrogens with zero attached hydrogens (tertiary/aromatic N) is 4.